The molecule has 2 heterocycles. The molecule has 0 aliphatic rings. The van der Waals surface area contributed by atoms with Gasteiger partial charge in [0.1, 0.15) is 11.2 Å². The van der Waals surface area contributed by atoms with E-state index in [1.807, 2.05) is 17.4 Å². The van der Waals surface area contributed by atoms with E-state index in [9.17, 15) is 0 Å². The molecule has 248 valence electrons. The molecule has 11 aromatic rings. The van der Waals surface area contributed by atoms with E-state index in [2.05, 4.69) is 187 Å². The van der Waals surface area contributed by atoms with Gasteiger partial charge in [0.25, 0.3) is 0 Å². The third-order valence-corrected chi connectivity index (χ3v) is 11.9. The van der Waals surface area contributed by atoms with Crippen LogP contribution in [-0.4, -0.2) is 0 Å². The standard InChI is InChI=1S/C50H31NOS/c1-2-11-32(12-3-1)33-21-23-35(24-22-33)40-29-30-44(49-42-16-7-9-20-47(42)53-50(40)49)51(43-17-10-19-46-48(43)41-15-6-8-18-45(41)52-46)37-27-28-39-36(31-37)26-25-34-13-4-5-14-38(34)39/h1-31H. The SMILES string of the molecule is c1ccc(-c2ccc(-c3ccc(N(c4ccc5c(ccc6ccccc65)c4)c4cccc5oc6ccccc6c45)c4c3sc3ccccc34)cc2)cc1. The molecule has 0 aliphatic heterocycles. The molecule has 0 saturated carbocycles. The van der Waals surface area contributed by atoms with Gasteiger partial charge < -0.3 is 9.32 Å². The van der Waals surface area contributed by atoms with E-state index in [0.717, 1.165) is 39.0 Å². The Balaban J connectivity index is 1.19. The summed E-state index contributed by atoms with van der Waals surface area (Å²) in [6.07, 6.45) is 0. The molecule has 9 aromatic carbocycles. The molecule has 0 atom stereocenters. The van der Waals surface area contributed by atoms with Crippen molar-refractivity contribution in [3.8, 4) is 22.3 Å². The fourth-order valence-electron chi connectivity index (χ4n) is 8.19. The third-order valence-electron chi connectivity index (χ3n) is 10.7. The summed E-state index contributed by atoms with van der Waals surface area (Å²) in [5.74, 6) is 0. The monoisotopic (exact) mass is 693 g/mol. The van der Waals surface area contributed by atoms with Crippen LogP contribution in [0.25, 0.3) is 85.9 Å². The molecule has 2 aromatic heterocycles. The first-order valence-corrected chi connectivity index (χ1v) is 18.8. The van der Waals surface area contributed by atoms with E-state index in [1.165, 1.54) is 64.0 Å². The van der Waals surface area contributed by atoms with Crippen LogP contribution in [-0.2, 0) is 0 Å². The lowest BCUT2D eigenvalue weighted by Crippen LogP contribution is -2.11. The second-order valence-corrected chi connectivity index (χ2v) is 14.7. The topological polar surface area (TPSA) is 16.4 Å². The number of hydrogen-bond acceptors (Lipinski definition) is 3. The van der Waals surface area contributed by atoms with Crippen molar-refractivity contribution in [3.05, 3.63) is 188 Å². The molecule has 53 heavy (non-hydrogen) atoms. The van der Waals surface area contributed by atoms with Gasteiger partial charge in [0.15, 0.2) is 0 Å². The van der Waals surface area contributed by atoms with E-state index >= 15 is 0 Å². The maximum absolute atomic E-state index is 6.47. The Bertz CT molecular complexity index is 3170. The molecule has 0 aliphatic carbocycles. The van der Waals surface area contributed by atoms with Gasteiger partial charge in [-0.15, -0.1) is 11.3 Å². The van der Waals surface area contributed by atoms with Crippen LogP contribution in [0.5, 0.6) is 0 Å². The average Bonchev–Trinajstić information content (AvgIpc) is 3.81. The number of furan rings is 1. The summed E-state index contributed by atoms with van der Waals surface area (Å²) < 4.78 is 9.02. The molecule has 0 amide bonds. The number of para-hydroxylation sites is 1. The number of rotatable bonds is 5. The molecule has 0 fully saturated rings. The van der Waals surface area contributed by atoms with Gasteiger partial charge in [0.05, 0.1) is 16.8 Å². The van der Waals surface area contributed by atoms with Crippen LogP contribution in [0.2, 0.25) is 0 Å². The minimum absolute atomic E-state index is 0.877. The quantitative estimate of drug-likeness (QED) is 0.167. The van der Waals surface area contributed by atoms with Crippen LogP contribution in [0.4, 0.5) is 17.1 Å². The summed E-state index contributed by atoms with van der Waals surface area (Å²) in [6.45, 7) is 0. The van der Waals surface area contributed by atoms with Crippen molar-refractivity contribution in [2.45, 2.75) is 0 Å². The van der Waals surface area contributed by atoms with Gasteiger partial charge in [0, 0.05) is 31.2 Å². The van der Waals surface area contributed by atoms with Crippen LogP contribution in [0.3, 0.4) is 0 Å². The van der Waals surface area contributed by atoms with Crippen LogP contribution in [0, 0.1) is 0 Å². The Morgan fingerprint density at radius 1 is 0.396 bits per heavy atom. The Morgan fingerprint density at radius 3 is 1.94 bits per heavy atom. The van der Waals surface area contributed by atoms with Crippen molar-refractivity contribution in [1.29, 1.82) is 0 Å². The molecule has 11 rings (SSSR count). The van der Waals surface area contributed by atoms with E-state index in [0.29, 0.717) is 0 Å². The fraction of sp³-hybridized carbons (Fsp3) is 0. The molecular formula is C50H31NOS. The van der Waals surface area contributed by atoms with Gasteiger partial charge in [-0.1, -0.05) is 146 Å². The number of hydrogen-bond donors (Lipinski definition) is 0. The summed E-state index contributed by atoms with van der Waals surface area (Å²) >= 11 is 1.87. The van der Waals surface area contributed by atoms with Crippen molar-refractivity contribution in [3.63, 3.8) is 0 Å². The zero-order valence-corrected chi connectivity index (χ0v) is 29.5. The Labute approximate surface area is 310 Å². The predicted octanol–water partition coefficient (Wildman–Crippen LogP) is 15.1. The molecule has 0 unspecified atom stereocenters. The normalized spacial score (nSPS) is 11.8. The highest BCUT2D eigenvalue weighted by Gasteiger charge is 2.24. The lowest BCUT2D eigenvalue weighted by molar-refractivity contribution is 0.669. The van der Waals surface area contributed by atoms with Crippen LogP contribution >= 0.6 is 11.3 Å². The summed E-state index contributed by atoms with van der Waals surface area (Å²) in [7, 11) is 0. The molecule has 0 N–H and O–H groups in total. The Hall–Kier alpha value is -6.68. The number of anilines is 3. The van der Waals surface area contributed by atoms with Crippen LogP contribution in [0.1, 0.15) is 0 Å². The maximum atomic E-state index is 6.47. The highest BCUT2D eigenvalue weighted by Crippen LogP contribution is 2.50. The Morgan fingerprint density at radius 2 is 1.06 bits per heavy atom. The predicted molar refractivity (Wildman–Crippen MR) is 227 cm³/mol. The van der Waals surface area contributed by atoms with Crippen molar-refractivity contribution < 1.29 is 4.42 Å². The lowest BCUT2D eigenvalue weighted by Gasteiger charge is -2.28. The van der Waals surface area contributed by atoms with Gasteiger partial charge in [-0.05, 0) is 86.3 Å². The molecule has 0 radical (unpaired) electrons. The van der Waals surface area contributed by atoms with E-state index in [-0.39, 0.29) is 0 Å². The molecule has 2 nitrogen and oxygen atoms in total. The summed E-state index contributed by atoms with van der Waals surface area (Å²) in [4.78, 5) is 2.46. The second kappa shape index (κ2) is 11.9. The maximum Gasteiger partial charge on any atom is 0.137 e. The van der Waals surface area contributed by atoms with E-state index < -0.39 is 0 Å². The smallest absolute Gasteiger partial charge is 0.137 e. The first-order valence-electron chi connectivity index (χ1n) is 18.0. The molecule has 0 bridgehead atoms. The second-order valence-electron chi connectivity index (χ2n) is 13.7. The van der Waals surface area contributed by atoms with Gasteiger partial charge in [-0.25, -0.2) is 0 Å². The minimum atomic E-state index is 0.877. The van der Waals surface area contributed by atoms with Crippen molar-refractivity contribution in [2.75, 3.05) is 4.90 Å². The van der Waals surface area contributed by atoms with Crippen molar-refractivity contribution in [2.24, 2.45) is 0 Å². The minimum Gasteiger partial charge on any atom is -0.456 e. The highest BCUT2D eigenvalue weighted by atomic mass is 32.1. The lowest BCUT2D eigenvalue weighted by atomic mass is 9.97. The van der Waals surface area contributed by atoms with Crippen molar-refractivity contribution in [1.82, 2.24) is 0 Å². The highest BCUT2D eigenvalue weighted by molar-refractivity contribution is 7.26. The van der Waals surface area contributed by atoms with Crippen LogP contribution in [0.15, 0.2) is 192 Å². The van der Waals surface area contributed by atoms with Gasteiger partial charge in [0.2, 0.25) is 0 Å². The third kappa shape index (κ3) is 4.78. The summed E-state index contributed by atoms with van der Waals surface area (Å²) in [6, 6.07) is 68.0. The van der Waals surface area contributed by atoms with Gasteiger partial charge >= 0.3 is 0 Å². The molecule has 0 saturated heterocycles. The van der Waals surface area contributed by atoms with E-state index in [4.69, 9.17) is 4.42 Å². The zero-order valence-electron chi connectivity index (χ0n) is 28.7. The van der Waals surface area contributed by atoms with Gasteiger partial charge in [-0.3, -0.25) is 0 Å². The number of thiophene rings is 1. The zero-order chi connectivity index (χ0) is 34.9. The molecule has 3 heteroatoms. The fourth-order valence-corrected chi connectivity index (χ4v) is 9.45. The summed E-state index contributed by atoms with van der Waals surface area (Å²) in [5, 5.41) is 9.69. The number of nitrogens with zero attached hydrogens (tertiary/aromatic N) is 1. The molecular weight excluding hydrogens is 663 g/mol. The van der Waals surface area contributed by atoms with Crippen molar-refractivity contribution >= 4 is 92.1 Å². The first-order chi connectivity index (χ1) is 26.3. The van der Waals surface area contributed by atoms with Gasteiger partial charge in [-0.2, -0.15) is 0 Å². The summed E-state index contributed by atoms with van der Waals surface area (Å²) in [5.41, 5.74) is 9.98. The number of benzene rings is 9. The Kier molecular flexibility index (Phi) is 6.76. The van der Waals surface area contributed by atoms with Crippen LogP contribution < -0.4 is 4.90 Å². The molecule has 0 spiro atoms. The average molecular weight is 694 g/mol. The number of fused-ring (bicyclic) bond motifs is 9. The largest absolute Gasteiger partial charge is 0.456 e. The first kappa shape index (κ1) is 30.0. The van der Waals surface area contributed by atoms with E-state index in [1.54, 1.807) is 0 Å².